The number of carbonyl (C=O) groups excluding carboxylic acids is 2. The number of rotatable bonds is 48. The van der Waals surface area contributed by atoms with Crippen LogP contribution in [0.3, 0.4) is 0 Å². The van der Waals surface area contributed by atoms with Gasteiger partial charge in [-0.15, -0.1) is 0 Å². The Morgan fingerprint density at radius 2 is 0.836 bits per heavy atom. The molecule has 0 aromatic heterocycles. The molecule has 0 aromatic rings. The second-order valence-electron chi connectivity index (χ2n) is 18.8. The first-order valence-corrected chi connectivity index (χ1v) is 25.9. The van der Waals surface area contributed by atoms with E-state index in [0.29, 0.717) is 17.4 Å². The molecular weight excluding hydrogens is 767 g/mol. The van der Waals surface area contributed by atoms with Crippen molar-refractivity contribution in [2.24, 2.45) is 0 Å². The van der Waals surface area contributed by atoms with E-state index in [4.69, 9.17) is 18.9 Å². The molecule has 0 fully saturated rings. The molecule has 0 spiro atoms. The largest absolute Gasteiger partial charge is 0.477 e. The highest BCUT2D eigenvalue weighted by molar-refractivity contribution is 5.71. The Labute approximate surface area is 376 Å². The lowest BCUT2D eigenvalue weighted by Gasteiger charge is -2.25. The van der Waals surface area contributed by atoms with E-state index < -0.39 is 24.3 Å². The van der Waals surface area contributed by atoms with Crippen LogP contribution >= 0.6 is 0 Å². The molecule has 0 rings (SSSR count). The van der Waals surface area contributed by atoms with Crippen molar-refractivity contribution in [2.45, 2.75) is 257 Å². The summed E-state index contributed by atoms with van der Waals surface area (Å²) in [7, 11) is 5.97. The number of hydrogen-bond donors (Lipinski definition) is 1. The van der Waals surface area contributed by atoms with Crippen LogP contribution in [0.4, 0.5) is 0 Å². The molecule has 9 heteroatoms. The third-order valence-corrected chi connectivity index (χ3v) is 11.5. The molecule has 61 heavy (non-hydrogen) atoms. The molecule has 0 bridgehead atoms. The summed E-state index contributed by atoms with van der Waals surface area (Å²) in [6.07, 6.45) is 45.7. The number of quaternary nitrogens is 1. The highest BCUT2D eigenvalue weighted by Crippen LogP contribution is 2.16. The van der Waals surface area contributed by atoms with Gasteiger partial charge in [0.05, 0.1) is 34.4 Å². The fraction of sp³-hybridized carbons (Fsp3) is 0.904. The highest BCUT2D eigenvalue weighted by Gasteiger charge is 2.25. The lowest BCUT2D eigenvalue weighted by molar-refractivity contribution is -0.870. The van der Waals surface area contributed by atoms with Gasteiger partial charge in [0.1, 0.15) is 13.2 Å². The van der Waals surface area contributed by atoms with E-state index in [9.17, 15) is 19.5 Å². The summed E-state index contributed by atoms with van der Waals surface area (Å²) in [5.41, 5.74) is 0. The fourth-order valence-corrected chi connectivity index (χ4v) is 7.48. The Morgan fingerprint density at radius 1 is 0.475 bits per heavy atom. The molecule has 2 unspecified atom stereocenters. The maximum Gasteiger partial charge on any atom is 0.361 e. The zero-order valence-corrected chi connectivity index (χ0v) is 40.8. The van der Waals surface area contributed by atoms with Crippen molar-refractivity contribution >= 4 is 17.9 Å². The van der Waals surface area contributed by atoms with Gasteiger partial charge in [-0.05, 0) is 38.5 Å². The van der Waals surface area contributed by atoms with Crippen LogP contribution < -0.4 is 0 Å². The summed E-state index contributed by atoms with van der Waals surface area (Å²) in [5.74, 6) is -1.99. The first kappa shape index (κ1) is 59.0. The molecule has 0 saturated carbocycles. The minimum Gasteiger partial charge on any atom is -0.477 e. The molecule has 0 saturated heterocycles. The molecule has 0 heterocycles. The highest BCUT2D eigenvalue weighted by atomic mass is 16.7. The standard InChI is InChI=1S/C52H99NO8/c1-6-8-10-12-14-16-18-19-20-21-22-23-24-25-26-27-28-29-30-31-33-35-37-39-41-43-50(55)61-48(47-60-52(51(56)57)58-45-44-53(3,4)5)46-59-49(54)42-40-38-36-34-32-17-15-13-11-9-7-2/h21-22,48,52H,6-20,23-47H2,1-5H3/p+1/b22-21-. The van der Waals surface area contributed by atoms with Crippen molar-refractivity contribution in [2.75, 3.05) is 47.5 Å². The zero-order valence-electron chi connectivity index (χ0n) is 40.8. The predicted octanol–water partition coefficient (Wildman–Crippen LogP) is 14.2. The van der Waals surface area contributed by atoms with E-state index in [-0.39, 0.29) is 32.2 Å². The van der Waals surface area contributed by atoms with Crippen LogP contribution in [0, 0.1) is 0 Å². The number of carboxylic acid groups (broad SMARTS) is 1. The Hall–Kier alpha value is -1.97. The summed E-state index contributed by atoms with van der Waals surface area (Å²) in [4.78, 5) is 37.2. The Bertz CT molecular complexity index is 1010. The smallest absolute Gasteiger partial charge is 0.361 e. The fourth-order valence-electron chi connectivity index (χ4n) is 7.48. The van der Waals surface area contributed by atoms with Crippen molar-refractivity contribution in [1.82, 2.24) is 0 Å². The van der Waals surface area contributed by atoms with E-state index in [2.05, 4.69) is 26.0 Å². The van der Waals surface area contributed by atoms with Gasteiger partial charge in [0, 0.05) is 12.8 Å². The normalized spacial score (nSPS) is 12.9. The number of hydrogen-bond acceptors (Lipinski definition) is 7. The molecule has 0 aromatic carbocycles. The minimum absolute atomic E-state index is 0.176. The van der Waals surface area contributed by atoms with Crippen LogP contribution in [0.2, 0.25) is 0 Å². The third-order valence-electron chi connectivity index (χ3n) is 11.5. The minimum atomic E-state index is -1.50. The molecular formula is C52H100NO8+. The van der Waals surface area contributed by atoms with Crippen LogP contribution in [0.25, 0.3) is 0 Å². The Morgan fingerprint density at radius 3 is 1.21 bits per heavy atom. The Kier molecular flexibility index (Phi) is 43.2. The van der Waals surface area contributed by atoms with E-state index in [1.54, 1.807) is 0 Å². The van der Waals surface area contributed by atoms with Gasteiger partial charge in [-0.3, -0.25) is 9.59 Å². The predicted molar refractivity (Wildman–Crippen MR) is 254 cm³/mol. The van der Waals surface area contributed by atoms with Crippen molar-refractivity contribution in [3.63, 3.8) is 0 Å². The number of unbranched alkanes of at least 4 members (excludes halogenated alkanes) is 31. The maximum atomic E-state index is 12.8. The number of nitrogens with zero attached hydrogens (tertiary/aromatic N) is 1. The van der Waals surface area contributed by atoms with Crippen molar-refractivity contribution in [1.29, 1.82) is 0 Å². The second-order valence-corrected chi connectivity index (χ2v) is 18.8. The van der Waals surface area contributed by atoms with Gasteiger partial charge in [-0.2, -0.15) is 0 Å². The van der Waals surface area contributed by atoms with Crippen molar-refractivity contribution < 1.29 is 42.9 Å². The maximum absolute atomic E-state index is 12.8. The monoisotopic (exact) mass is 867 g/mol. The van der Waals surface area contributed by atoms with Gasteiger partial charge < -0.3 is 28.5 Å². The van der Waals surface area contributed by atoms with Crippen LogP contribution in [0.15, 0.2) is 12.2 Å². The Balaban J connectivity index is 4.19. The summed E-state index contributed by atoms with van der Waals surface area (Å²) < 4.78 is 22.8. The molecule has 0 amide bonds. The van der Waals surface area contributed by atoms with Crippen LogP contribution in [-0.2, 0) is 33.3 Å². The molecule has 0 radical (unpaired) electrons. The van der Waals surface area contributed by atoms with Crippen molar-refractivity contribution in [3.8, 4) is 0 Å². The van der Waals surface area contributed by atoms with E-state index >= 15 is 0 Å². The van der Waals surface area contributed by atoms with Gasteiger partial charge in [-0.25, -0.2) is 4.79 Å². The van der Waals surface area contributed by atoms with E-state index in [0.717, 1.165) is 38.5 Å². The summed E-state index contributed by atoms with van der Waals surface area (Å²) in [6.45, 7) is 4.90. The van der Waals surface area contributed by atoms with E-state index in [1.807, 2.05) is 21.1 Å². The molecule has 9 nitrogen and oxygen atoms in total. The van der Waals surface area contributed by atoms with Crippen LogP contribution in [0.1, 0.15) is 245 Å². The average Bonchev–Trinajstić information content (AvgIpc) is 3.22. The lowest BCUT2D eigenvalue weighted by Crippen LogP contribution is -2.40. The van der Waals surface area contributed by atoms with Crippen LogP contribution in [0.5, 0.6) is 0 Å². The summed E-state index contributed by atoms with van der Waals surface area (Å²) in [6, 6.07) is 0. The number of esters is 2. The van der Waals surface area contributed by atoms with Gasteiger partial charge in [0.15, 0.2) is 6.10 Å². The summed E-state index contributed by atoms with van der Waals surface area (Å²) >= 11 is 0. The van der Waals surface area contributed by atoms with Crippen molar-refractivity contribution in [3.05, 3.63) is 12.2 Å². The summed E-state index contributed by atoms with van der Waals surface area (Å²) in [5, 5.41) is 9.65. The topological polar surface area (TPSA) is 108 Å². The number of ether oxygens (including phenoxy) is 4. The lowest BCUT2D eigenvalue weighted by atomic mass is 10.0. The molecule has 1 N–H and O–H groups in total. The first-order chi connectivity index (χ1) is 29.6. The molecule has 0 aliphatic rings. The third kappa shape index (κ3) is 45.9. The number of aliphatic carboxylic acids is 1. The van der Waals surface area contributed by atoms with Gasteiger partial charge in [0.2, 0.25) is 0 Å². The average molecular weight is 867 g/mol. The molecule has 360 valence electrons. The number of carbonyl (C=O) groups is 3. The van der Waals surface area contributed by atoms with E-state index in [1.165, 1.54) is 180 Å². The van der Waals surface area contributed by atoms with Gasteiger partial charge >= 0.3 is 17.9 Å². The number of likely N-dealkylation sites (N-methyl/N-ethyl adjacent to an activating group) is 1. The first-order valence-electron chi connectivity index (χ1n) is 25.9. The number of allylic oxidation sites excluding steroid dienone is 2. The molecule has 2 atom stereocenters. The van der Waals surface area contributed by atoms with Crippen LogP contribution in [-0.4, -0.2) is 87.4 Å². The quantitative estimate of drug-likeness (QED) is 0.0212. The molecule has 0 aliphatic heterocycles. The molecule has 0 aliphatic carbocycles. The zero-order chi connectivity index (χ0) is 44.9. The van der Waals surface area contributed by atoms with Gasteiger partial charge in [0.25, 0.3) is 6.29 Å². The SMILES string of the molecule is CCCCCCCCCC/C=C\CCCCCCCCCCCCCCCC(=O)OC(COC(=O)CCCCCCCCCCCCC)COC(OCC[N+](C)(C)C)C(=O)O. The van der Waals surface area contributed by atoms with Gasteiger partial charge in [-0.1, -0.05) is 206 Å². The second kappa shape index (κ2) is 44.6. The number of carboxylic acids is 1.